The Hall–Kier alpha value is -0.460. The highest BCUT2D eigenvalue weighted by atomic mass is 16.6. The molecule has 0 aliphatic carbocycles. The second-order valence-corrected chi connectivity index (χ2v) is 8.03. The van der Waals surface area contributed by atoms with Crippen molar-refractivity contribution in [2.24, 2.45) is 0 Å². The summed E-state index contributed by atoms with van der Waals surface area (Å²) >= 11 is 0. The van der Waals surface area contributed by atoms with Gasteiger partial charge in [0, 0.05) is 6.61 Å². The standard InChI is InChI=1S/C23H44O5/c1-2-3-4-5-6-7-8-9-10-11-12-13-14-15-16-17-27-23-21(18-24)28-19-20(25)22(23)26/h5-6,20-26H,2-4,7-19H2,1H3/b6-5+/t20-,21+,22+,23+/m0/s1. The van der Waals surface area contributed by atoms with E-state index in [-0.39, 0.29) is 13.2 Å². The van der Waals surface area contributed by atoms with Gasteiger partial charge in [-0.2, -0.15) is 0 Å². The van der Waals surface area contributed by atoms with E-state index in [0.29, 0.717) is 6.61 Å². The molecule has 1 aliphatic heterocycles. The number of ether oxygens (including phenoxy) is 2. The summed E-state index contributed by atoms with van der Waals surface area (Å²) in [5.74, 6) is 0. The van der Waals surface area contributed by atoms with Gasteiger partial charge in [-0.05, 0) is 25.7 Å². The normalized spacial score (nSPS) is 25.6. The van der Waals surface area contributed by atoms with Gasteiger partial charge in [0.2, 0.25) is 0 Å². The summed E-state index contributed by atoms with van der Waals surface area (Å²) in [7, 11) is 0. The fourth-order valence-electron chi connectivity index (χ4n) is 3.60. The average Bonchev–Trinajstić information content (AvgIpc) is 2.70. The fourth-order valence-corrected chi connectivity index (χ4v) is 3.60. The Morgan fingerprint density at radius 2 is 1.43 bits per heavy atom. The van der Waals surface area contributed by atoms with E-state index in [1.54, 1.807) is 0 Å². The summed E-state index contributed by atoms with van der Waals surface area (Å²) < 4.78 is 11.0. The van der Waals surface area contributed by atoms with Crippen LogP contribution in [0.25, 0.3) is 0 Å². The predicted molar refractivity (Wildman–Crippen MR) is 113 cm³/mol. The zero-order valence-corrected chi connectivity index (χ0v) is 17.9. The predicted octanol–water partition coefficient (Wildman–Crippen LogP) is 4.13. The molecule has 1 saturated heterocycles. The molecular weight excluding hydrogens is 356 g/mol. The Morgan fingerprint density at radius 1 is 0.857 bits per heavy atom. The van der Waals surface area contributed by atoms with Crippen molar-refractivity contribution in [2.75, 3.05) is 19.8 Å². The SMILES string of the molecule is CCCC/C=C/CCCCCCCCCCCO[C@H]1[C@H](O)[C@@H](O)CO[C@@H]1CO. The summed E-state index contributed by atoms with van der Waals surface area (Å²) in [5.41, 5.74) is 0. The molecule has 0 saturated carbocycles. The van der Waals surface area contributed by atoms with Crippen LogP contribution in [0.4, 0.5) is 0 Å². The summed E-state index contributed by atoms with van der Waals surface area (Å²) in [5, 5.41) is 29.0. The number of aliphatic hydroxyl groups is 3. The van der Waals surface area contributed by atoms with Gasteiger partial charge in [0.15, 0.2) is 0 Å². The van der Waals surface area contributed by atoms with Crippen LogP contribution in [-0.2, 0) is 9.47 Å². The Morgan fingerprint density at radius 3 is 2.04 bits per heavy atom. The minimum atomic E-state index is -0.988. The van der Waals surface area contributed by atoms with E-state index in [1.165, 1.54) is 70.6 Å². The third-order valence-corrected chi connectivity index (χ3v) is 5.47. The summed E-state index contributed by atoms with van der Waals surface area (Å²) in [6, 6.07) is 0. The lowest BCUT2D eigenvalue weighted by Gasteiger charge is -2.37. The first kappa shape index (κ1) is 25.6. The third-order valence-electron chi connectivity index (χ3n) is 5.47. The lowest BCUT2D eigenvalue weighted by Crippen LogP contribution is -2.55. The Balaban J connectivity index is 1.88. The van der Waals surface area contributed by atoms with E-state index >= 15 is 0 Å². The molecule has 28 heavy (non-hydrogen) atoms. The number of rotatable bonds is 17. The number of hydrogen-bond acceptors (Lipinski definition) is 5. The van der Waals surface area contributed by atoms with Gasteiger partial charge in [0.05, 0.1) is 13.2 Å². The molecule has 3 N–H and O–H groups in total. The number of unbranched alkanes of at least 4 members (excludes halogenated alkanes) is 11. The molecule has 0 bridgehead atoms. The first-order chi connectivity index (χ1) is 13.7. The number of hydrogen-bond donors (Lipinski definition) is 3. The van der Waals surface area contributed by atoms with Crippen molar-refractivity contribution in [3.05, 3.63) is 12.2 Å². The smallest absolute Gasteiger partial charge is 0.114 e. The van der Waals surface area contributed by atoms with Crippen molar-refractivity contribution >= 4 is 0 Å². The van der Waals surface area contributed by atoms with Crippen LogP contribution in [0.3, 0.4) is 0 Å². The molecule has 166 valence electrons. The summed E-state index contributed by atoms with van der Waals surface area (Å²) in [6.07, 6.45) is 17.8. The van der Waals surface area contributed by atoms with Crippen LogP contribution in [-0.4, -0.2) is 59.6 Å². The molecule has 0 aromatic rings. The zero-order valence-electron chi connectivity index (χ0n) is 17.9. The Bertz CT molecular complexity index is 372. The second kappa shape index (κ2) is 17.4. The number of allylic oxidation sites excluding steroid dienone is 2. The van der Waals surface area contributed by atoms with Gasteiger partial charge in [0.1, 0.15) is 24.4 Å². The van der Waals surface area contributed by atoms with Gasteiger partial charge in [-0.25, -0.2) is 0 Å². The van der Waals surface area contributed by atoms with Crippen molar-refractivity contribution in [3.63, 3.8) is 0 Å². The second-order valence-electron chi connectivity index (χ2n) is 8.03. The molecule has 0 spiro atoms. The first-order valence-corrected chi connectivity index (χ1v) is 11.6. The molecule has 1 rings (SSSR count). The van der Waals surface area contributed by atoms with Crippen molar-refractivity contribution < 1.29 is 24.8 Å². The average molecular weight is 401 g/mol. The third kappa shape index (κ3) is 11.5. The molecule has 5 nitrogen and oxygen atoms in total. The maximum Gasteiger partial charge on any atom is 0.114 e. The maximum absolute atomic E-state index is 9.99. The molecule has 1 heterocycles. The fraction of sp³-hybridized carbons (Fsp3) is 0.913. The van der Waals surface area contributed by atoms with Crippen molar-refractivity contribution in [1.29, 1.82) is 0 Å². The monoisotopic (exact) mass is 400 g/mol. The first-order valence-electron chi connectivity index (χ1n) is 11.6. The molecule has 0 aromatic heterocycles. The summed E-state index contributed by atoms with van der Waals surface area (Å²) in [6.45, 7) is 2.60. The van der Waals surface area contributed by atoms with E-state index < -0.39 is 24.4 Å². The minimum Gasteiger partial charge on any atom is -0.394 e. The Kier molecular flexibility index (Phi) is 15.9. The lowest BCUT2D eigenvalue weighted by molar-refractivity contribution is -0.211. The molecule has 1 aliphatic rings. The summed E-state index contributed by atoms with van der Waals surface area (Å²) in [4.78, 5) is 0. The highest BCUT2D eigenvalue weighted by molar-refractivity contribution is 4.87. The van der Waals surface area contributed by atoms with Crippen LogP contribution in [0, 0.1) is 0 Å². The molecule has 0 aromatic carbocycles. The quantitative estimate of drug-likeness (QED) is 0.253. The van der Waals surface area contributed by atoms with Gasteiger partial charge in [-0.1, -0.05) is 76.9 Å². The van der Waals surface area contributed by atoms with Gasteiger partial charge < -0.3 is 24.8 Å². The van der Waals surface area contributed by atoms with Gasteiger partial charge in [-0.15, -0.1) is 0 Å². The van der Waals surface area contributed by atoms with Crippen molar-refractivity contribution in [1.82, 2.24) is 0 Å². The van der Waals surface area contributed by atoms with E-state index in [9.17, 15) is 15.3 Å². The molecule has 0 amide bonds. The molecule has 0 unspecified atom stereocenters. The van der Waals surface area contributed by atoms with Crippen molar-refractivity contribution in [3.8, 4) is 0 Å². The molecule has 0 radical (unpaired) electrons. The molecule has 4 atom stereocenters. The maximum atomic E-state index is 9.99. The van der Waals surface area contributed by atoms with Gasteiger partial charge in [-0.3, -0.25) is 0 Å². The van der Waals surface area contributed by atoms with Crippen molar-refractivity contribution in [2.45, 2.75) is 115 Å². The van der Waals surface area contributed by atoms with Crippen LogP contribution in [0.1, 0.15) is 90.4 Å². The largest absolute Gasteiger partial charge is 0.394 e. The van der Waals surface area contributed by atoms with E-state index in [2.05, 4.69) is 19.1 Å². The van der Waals surface area contributed by atoms with Crippen LogP contribution in [0.5, 0.6) is 0 Å². The molecular formula is C23H44O5. The van der Waals surface area contributed by atoms with Crippen LogP contribution in [0.2, 0.25) is 0 Å². The zero-order chi connectivity index (χ0) is 20.5. The van der Waals surface area contributed by atoms with E-state index in [0.717, 1.165) is 12.8 Å². The van der Waals surface area contributed by atoms with Gasteiger partial charge >= 0.3 is 0 Å². The van der Waals surface area contributed by atoms with E-state index in [4.69, 9.17) is 9.47 Å². The Labute approximate surface area is 172 Å². The van der Waals surface area contributed by atoms with Gasteiger partial charge in [0.25, 0.3) is 0 Å². The minimum absolute atomic E-state index is 0.0436. The number of aliphatic hydroxyl groups excluding tert-OH is 3. The topological polar surface area (TPSA) is 79.2 Å². The highest BCUT2D eigenvalue weighted by Gasteiger charge is 2.39. The van der Waals surface area contributed by atoms with E-state index in [1.807, 2.05) is 0 Å². The van der Waals surface area contributed by atoms with Crippen LogP contribution in [0.15, 0.2) is 12.2 Å². The molecule has 1 fully saturated rings. The van der Waals surface area contributed by atoms with Crippen LogP contribution < -0.4 is 0 Å². The molecule has 5 heteroatoms. The lowest BCUT2D eigenvalue weighted by atomic mass is 10.0. The highest BCUT2D eigenvalue weighted by Crippen LogP contribution is 2.19. The van der Waals surface area contributed by atoms with Crippen LogP contribution >= 0.6 is 0 Å².